The summed E-state index contributed by atoms with van der Waals surface area (Å²) in [6.45, 7) is 2.18. The molecule has 2 rings (SSSR count). The zero-order valence-electron chi connectivity index (χ0n) is 10.8. The number of nitrogens with zero attached hydrogens (tertiary/aromatic N) is 3. The number of anilines is 1. The molecule has 0 saturated heterocycles. The number of nitrogens with one attached hydrogen (secondary N) is 1. The van der Waals surface area contributed by atoms with E-state index in [9.17, 15) is 10.1 Å². The number of nitriles is 1. The third kappa shape index (κ3) is 2.99. The Hall–Kier alpha value is -2.16. The lowest BCUT2D eigenvalue weighted by atomic mass is 9.87. The zero-order valence-corrected chi connectivity index (χ0v) is 10.8. The minimum atomic E-state index is -0.542. The van der Waals surface area contributed by atoms with Crippen molar-refractivity contribution in [3.8, 4) is 6.07 Å². The van der Waals surface area contributed by atoms with Crippen LogP contribution in [0.3, 0.4) is 0 Å². The summed E-state index contributed by atoms with van der Waals surface area (Å²) in [5.74, 6) is 0.826. The molecule has 1 aliphatic rings. The van der Waals surface area contributed by atoms with Crippen molar-refractivity contribution in [3.05, 3.63) is 27.9 Å². The minimum Gasteiger partial charge on any atom is -0.362 e. The molecule has 2 atom stereocenters. The molecule has 1 heterocycles. The first-order valence-electron chi connectivity index (χ1n) is 6.42. The van der Waals surface area contributed by atoms with Crippen LogP contribution in [0, 0.1) is 27.4 Å². The lowest BCUT2D eigenvalue weighted by Gasteiger charge is -2.27. The molecule has 0 radical (unpaired) electrons. The molecule has 1 fully saturated rings. The molecule has 1 aromatic rings. The Morgan fingerprint density at radius 3 is 3.00 bits per heavy atom. The van der Waals surface area contributed by atoms with Crippen molar-refractivity contribution in [2.75, 3.05) is 5.32 Å². The first-order chi connectivity index (χ1) is 9.11. The monoisotopic (exact) mass is 260 g/mol. The maximum Gasteiger partial charge on any atom is 0.328 e. The molecule has 1 N–H and O–H groups in total. The number of nitro groups is 1. The van der Waals surface area contributed by atoms with Crippen LogP contribution in [0.25, 0.3) is 0 Å². The van der Waals surface area contributed by atoms with Crippen molar-refractivity contribution >= 4 is 11.5 Å². The van der Waals surface area contributed by atoms with E-state index in [2.05, 4.69) is 17.2 Å². The Kier molecular flexibility index (Phi) is 3.95. The molecule has 0 aliphatic heterocycles. The van der Waals surface area contributed by atoms with Crippen molar-refractivity contribution in [1.82, 2.24) is 4.98 Å². The van der Waals surface area contributed by atoms with E-state index in [4.69, 9.17) is 5.26 Å². The van der Waals surface area contributed by atoms with Crippen molar-refractivity contribution < 1.29 is 4.92 Å². The number of pyridine rings is 1. The summed E-state index contributed by atoms with van der Waals surface area (Å²) < 4.78 is 0. The van der Waals surface area contributed by atoms with Crippen molar-refractivity contribution in [3.63, 3.8) is 0 Å². The van der Waals surface area contributed by atoms with Crippen LogP contribution in [-0.2, 0) is 0 Å². The van der Waals surface area contributed by atoms with Crippen LogP contribution in [0.2, 0.25) is 0 Å². The quantitative estimate of drug-likeness (QED) is 0.666. The molecular formula is C13H16N4O2. The first kappa shape index (κ1) is 13.3. The van der Waals surface area contributed by atoms with Gasteiger partial charge in [-0.05, 0) is 24.8 Å². The molecule has 0 bridgehead atoms. The molecule has 0 aromatic carbocycles. The minimum absolute atomic E-state index is 0.0476. The molecule has 1 saturated carbocycles. The third-order valence-corrected chi connectivity index (χ3v) is 3.50. The fraction of sp³-hybridized carbons (Fsp3) is 0.538. The second kappa shape index (κ2) is 5.65. The lowest BCUT2D eigenvalue weighted by Crippen LogP contribution is -2.27. The lowest BCUT2D eigenvalue weighted by molar-refractivity contribution is -0.384. The number of hydrogen-bond acceptors (Lipinski definition) is 5. The average Bonchev–Trinajstić information content (AvgIpc) is 2.38. The molecule has 2 unspecified atom stereocenters. The summed E-state index contributed by atoms with van der Waals surface area (Å²) in [5.41, 5.74) is -0.172. The van der Waals surface area contributed by atoms with E-state index >= 15 is 0 Å². The van der Waals surface area contributed by atoms with Gasteiger partial charge in [0.15, 0.2) is 0 Å². The van der Waals surface area contributed by atoms with Crippen molar-refractivity contribution in [2.45, 2.75) is 38.6 Å². The number of hydrogen-bond donors (Lipinski definition) is 1. The smallest absolute Gasteiger partial charge is 0.328 e. The number of rotatable bonds is 3. The van der Waals surface area contributed by atoms with Gasteiger partial charge in [-0.15, -0.1) is 0 Å². The van der Waals surface area contributed by atoms with Gasteiger partial charge in [0.2, 0.25) is 5.82 Å². The van der Waals surface area contributed by atoms with Gasteiger partial charge < -0.3 is 5.32 Å². The van der Waals surface area contributed by atoms with Gasteiger partial charge in [-0.1, -0.05) is 19.8 Å². The van der Waals surface area contributed by atoms with Crippen LogP contribution in [0.15, 0.2) is 12.3 Å². The summed E-state index contributed by atoms with van der Waals surface area (Å²) in [6, 6.07) is 3.41. The highest BCUT2D eigenvalue weighted by Gasteiger charge is 2.25. The van der Waals surface area contributed by atoms with Gasteiger partial charge in [-0.2, -0.15) is 5.26 Å². The Balaban J connectivity index is 2.25. The van der Waals surface area contributed by atoms with Gasteiger partial charge >= 0.3 is 5.69 Å². The van der Waals surface area contributed by atoms with Crippen molar-refractivity contribution in [2.24, 2.45) is 5.92 Å². The highest BCUT2D eigenvalue weighted by molar-refractivity contribution is 5.64. The van der Waals surface area contributed by atoms with Crippen LogP contribution in [0.1, 0.15) is 38.2 Å². The Bertz CT molecular complexity index is 524. The fourth-order valence-electron chi connectivity index (χ4n) is 2.59. The van der Waals surface area contributed by atoms with Gasteiger partial charge in [0, 0.05) is 12.2 Å². The van der Waals surface area contributed by atoms with E-state index in [1.807, 2.05) is 6.07 Å². The predicted molar refractivity (Wildman–Crippen MR) is 70.6 cm³/mol. The molecule has 1 aliphatic carbocycles. The summed E-state index contributed by atoms with van der Waals surface area (Å²) >= 11 is 0. The van der Waals surface area contributed by atoms with E-state index in [-0.39, 0.29) is 23.1 Å². The Morgan fingerprint density at radius 1 is 1.58 bits per heavy atom. The summed E-state index contributed by atoms with van der Waals surface area (Å²) in [5, 5.41) is 23.1. The maximum absolute atomic E-state index is 11.1. The second-order valence-electron chi connectivity index (χ2n) is 5.04. The van der Waals surface area contributed by atoms with Gasteiger partial charge in [0.25, 0.3) is 0 Å². The van der Waals surface area contributed by atoms with E-state index in [1.54, 1.807) is 0 Å². The largest absolute Gasteiger partial charge is 0.362 e. The van der Waals surface area contributed by atoms with Gasteiger partial charge in [0.1, 0.15) is 11.6 Å². The molecule has 0 amide bonds. The van der Waals surface area contributed by atoms with Gasteiger partial charge in [-0.3, -0.25) is 10.1 Å². The Morgan fingerprint density at radius 2 is 2.37 bits per heavy atom. The molecule has 1 aromatic heterocycles. The standard InChI is InChI=1S/C13H16N4O2/c1-9-3-2-4-11(7-9)16-13-12(17(18)19)10(8-14)5-6-15-13/h5-6,9,11H,2-4,7H2,1H3,(H,15,16). The SMILES string of the molecule is CC1CCCC(Nc2nccc(C#N)c2[N+](=O)[O-])C1. The van der Waals surface area contributed by atoms with E-state index in [0.717, 1.165) is 19.3 Å². The molecule has 100 valence electrons. The molecule has 0 spiro atoms. The fourth-order valence-corrected chi connectivity index (χ4v) is 2.59. The summed E-state index contributed by atoms with van der Waals surface area (Å²) in [4.78, 5) is 14.6. The van der Waals surface area contributed by atoms with E-state index in [0.29, 0.717) is 5.92 Å². The van der Waals surface area contributed by atoms with Crippen molar-refractivity contribution in [1.29, 1.82) is 5.26 Å². The number of aromatic nitrogens is 1. The maximum atomic E-state index is 11.1. The normalized spacial score (nSPS) is 22.5. The molecule has 6 heteroatoms. The highest BCUT2D eigenvalue weighted by atomic mass is 16.6. The second-order valence-corrected chi connectivity index (χ2v) is 5.04. The van der Waals surface area contributed by atoms with Crippen LogP contribution < -0.4 is 5.32 Å². The molecular weight excluding hydrogens is 244 g/mol. The summed E-state index contributed by atoms with van der Waals surface area (Å²) in [6.07, 6.45) is 5.71. The average molecular weight is 260 g/mol. The van der Waals surface area contributed by atoms with Crippen LogP contribution in [0.4, 0.5) is 11.5 Å². The first-order valence-corrected chi connectivity index (χ1v) is 6.42. The van der Waals surface area contributed by atoms with Gasteiger partial charge in [0.05, 0.1) is 4.92 Å². The summed E-state index contributed by atoms with van der Waals surface area (Å²) in [7, 11) is 0. The topological polar surface area (TPSA) is 91.8 Å². The van der Waals surface area contributed by atoms with Crippen LogP contribution >= 0.6 is 0 Å². The van der Waals surface area contributed by atoms with Gasteiger partial charge in [-0.25, -0.2) is 4.98 Å². The third-order valence-electron chi connectivity index (χ3n) is 3.50. The highest BCUT2D eigenvalue weighted by Crippen LogP contribution is 2.30. The predicted octanol–water partition coefficient (Wildman–Crippen LogP) is 2.85. The van der Waals surface area contributed by atoms with Crippen LogP contribution in [-0.4, -0.2) is 15.9 Å². The van der Waals surface area contributed by atoms with E-state index < -0.39 is 4.92 Å². The molecule has 19 heavy (non-hydrogen) atoms. The molecule has 6 nitrogen and oxygen atoms in total. The van der Waals surface area contributed by atoms with Crippen LogP contribution in [0.5, 0.6) is 0 Å². The van der Waals surface area contributed by atoms with E-state index in [1.165, 1.54) is 18.7 Å². The Labute approximate surface area is 111 Å². The zero-order chi connectivity index (χ0) is 13.8.